The number of Topliss-reactive ketones (excluding diaryl/α,β-unsaturated/α-hetero) is 1. The molecule has 0 fully saturated rings. The third-order valence-electron chi connectivity index (χ3n) is 5.20. The summed E-state index contributed by atoms with van der Waals surface area (Å²) in [4.78, 5) is 24.9. The van der Waals surface area contributed by atoms with Crippen LogP contribution in [0.5, 0.6) is 5.75 Å². The van der Waals surface area contributed by atoms with Gasteiger partial charge in [0.1, 0.15) is 5.75 Å². The molecule has 0 heterocycles. The van der Waals surface area contributed by atoms with Crippen LogP contribution in [0.3, 0.4) is 0 Å². The third kappa shape index (κ3) is 5.78. The number of carbonyl (C=O) groups is 2. The molecular formula is C25H25NO6S. The van der Waals surface area contributed by atoms with E-state index < -0.39 is 22.6 Å². The van der Waals surface area contributed by atoms with E-state index in [2.05, 4.69) is 4.72 Å². The van der Waals surface area contributed by atoms with Gasteiger partial charge in [-0.1, -0.05) is 12.1 Å². The molecule has 0 aliphatic rings. The van der Waals surface area contributed by atoms with E-state index >= 15 is 0 Å². The Morgan fingerprint density at radius 2 is 1.55 bits per heavy atom. The molecule has 172 valence electrons. The minimum Gasteiger partial charge on any atom is -0.497 e. The summed E-state index contributed by atoms with van der Waals surface area (Å²) in [6.07, 6.45) is 0. The van der Waals surface area contributed by atoms with E-state index in [9.17, 15) is 18.0 Å². The molecule has 33 heavy (non-hydrogen) atoms. The minimum absolute atomic E-state index is 0.0252. The molecule has 0 amide bonds. The van der Waals surface area contributed by atoms with Crippen LogP contribution in [-0.4, -0.2) is 33.9 Å². The van der Waals surface area contributed by atoms with Gasteiger partial charge >= 0.3 is 5.97 Å². The smallest absolute Gasteiger partial charge is 0.338 e. The number of ether oxygens (including phenoxy) is 2. The molecule has 0 saturated heterocycles. The maximum atomic E-state index is 12.7. The lowest BCUT2D eigenvalue weighted by Crippen LogP contribution is -2.17. The molecule has 0 aliphatic carbocycles. The lowest BCUT2D eigenvalue weighted by Gasteiger charge is -2.11. The zero-order valence-corrected chi connectivity index (χ0v) is 19.7. The number of nitrogens with one attached hydrogen (secondary N) is 1. The Labute approximate surface area is 193 Å². The summed E-state index contributed by atoms with van der Waals surface area (Å²) >= 11 is 0. The number of ketones is 1. The first-order valence-corrected chi connectivity index (χ1v) is 11.6. The Hall–Kier alpha value is -3.65. The number of benzene rings is 3. The van der Waals surface area contributed by atoms with E-state index in [-0.39, 0.29) is 16.2 Å². The normalized spacial score (nSPS) is 11.0. The van der Waals surface area contributed by atoms with Crippen molar-refractivity contribution >= 4 is 27.5 Å². The summed E-state index contributed by atoms with van der Waals surface area (Å²) in [5.41, 5.74) is 3.71. The number of rotatable bonds is 8. The van der Waals surface area contributed by atoms with Crippen LogP contribution in [0, 0.1) is 20.8 Å². The molecule has 7 nitrogen and oxygen atoms in total. The molecule has 1 N–H and O–H groups in total. The van der Waals surface area contributed by atoms with Gasteiger partial charge in [0, 0.05) is 11.3 Å². The molecule has 3 aromatic rings. The SMILES string of the molecule is COc1ccc(NS(=O)(=O)c2cccc(C(=O)OCC(=O)c3cc(C)c(C)cc3C)c2)cc1. The highest BCUT2D eigenvalue weighted by molar-refractivity contribution is 7.92. The number of aryl methyl sites for hydroxylation is 3. The van der Waals surface area contributed by atoms with Gasteiger partial charge in [-0.3, -0.25) is 9.52 Å². The molecule has 0 bridgehead atoms. The van der Waals surface area contributed by atoms with E-state index in [0.29, 0.717) is 17.0 Å². The molecule has 3 rings (SSSR count). The maximum Gasteiger partial charge on any atom is 0.338 e. The minimum atomic E-state index is -3.94. The van der Waals surface area contributed by atoms with Crippen molar-refractivity contribution in [2.45, 2.75) is 25.7 Å². The lowest BCUT2D eigenvalue weighted by molar-refractivity contribution is 0.0474. The van der Waals surface area contributed by atoms with Crippen LogP contribution in [0.2, 0.25) is 0 Å². The average Bonchev–Trinajstić information content (AvgIpc) is 2.80. The first-order valence-electron chi connectivity index (χ1n) is 10.2. The van der Waals surface area contributed by atoms with Crippen molar-refractivity contribution in [3.8, 4) is 5.75 Å². The Kier molecular flexibility index (Phi) is 7.18. The molecule has 0 spiro atoms. The fraction of sp³-hybridized carbons (Fsp3) is 0.200. The Morgan fingerprint density at radius 1 is 0.879 bits per heavy atom. The number of hydrogen-bond acceptors (Lipinski definition) is 6. The zero-order chi connectivity index (χ0) is 24.2. The summed E-state index contributed by atoms with van der Waals surface area (Å²) in [7, 11) is -2.43. The van der Waals surface area contributed by atoms with Crippen molar-refractivity contribution in [2.75, 3.05) is 18.4 Å². The van der Waals surface area contributed by atoms with Crippen LogP contribution in [0.4, 0.5) is 5.69 Å². The number of methoxy groups -OCH3 is 1. The van der Waals surface area contributed by atoms with Crippen molar-refractivity contribution in [3.63, 3.8) is 0 Å². The predicted octanol–water partition coefficient (Wildman–Crippen LogP) is 4.46. The summed E-state index contributed by atoms with van der Waals surface area (Å²) in [6.45, 7) is 5.25. The van der Waals surface area contributed by atoms with Gasteiger partial charge in [-0.2, -0.15) is 0 Å². The van der Waals surface area contributed by atoms with Crippen LogP contribution in [-0.2, 0) is 14.8 Å². The second kappa shape index (κ2) is 9.87. The molecule has 0 saturated carbocycles. The Bertz CT molecular complexity index is 1300. The first kappa shape index (κ1) is 24.0. The van der Waals surface area contributed by atoms with Gasteiger partial charge in [0.2, 0.25) is 5.78 Å². The van der Waals surface area contributed by atoms with Gasteiger partial charge in [0.15, 0.2) is 6.61 Å². The van der Waals surface area contributed by atoms with Crippen LogP contribution >= 0.6 is 0 Å². The quantitative estimate of drug-likeness (QED) is 0.388. The topological polar surface area (TPSA) is 98.8 Å². The largest absolute Gasteiger partial charge is 0.497 e. The van der Waals surface area contributed by atoms with Crippen molar-refractivity contribution < 1.29 is 27.5 Å². The fourth-order valence-corrected chi connectivity index (χ4v) is 4.32. The zero-order valence-electron chi connectivity index (χ0n) is 18.8. The standard InChI is InChI=1S/C25H25NO6S/c1-16-12-18(3)23(13-17(16)2)24(27)15-32-25(28)19-6-5-7-22(14-19)33(29,30)26-20-8-10-21(31-4)11-9-20/h5-14,26H,15H2,1-4H3. The second-order valence-corrected chi connectivity index (χ2v) is 9.29. The monoisotopic (exact) mass is 467 g/mol. The van der Waals surface area contributed by atoms with E-state index in [1.165, 1.54) is 31.4 Å². The molecular weight excluding hydrogens is 442 g/mol. The molecule has 0 radical (unpaired) electrons. The number of esters is 1. The van der Waals surface area contributed by atoms with Crippen molar-refractivity contribution in [2.24, 2.45) is 0 Å². The number of sulfonamides is 1. The highest BCUT2D eigenvalue weighted by Gasteiger charge is 2.19. The molecule has 0 aromatic heterocycles. The van der Waals surface area contributed by atoms with E-state index in [1.54, 1.807) is 30.3 Å². The summed E-state index contributed by atoms with van der Waals surface area (Å²) < 4.78 is 38.1. The molecule has 0 atom stereocenters. The molecule has 3 aromatic carbocycles. The van der Waals surface area contributed by atoms with E-state index in [1.807, 2.05) is 26.8 Å². The van der Waals surface area contributed by atoms with Crippen LogP contribution in [0.25, 0.3) is 0 Å². The summed E-state index contributed by atoms with van der Waals surface area (Å²) in [5.74, 6) is -0.520. The van der Waals surface area contributed by atoms with Gasteiger partial charge in [-0.05, 0) is 86.0 Å². The van der Waals surface area contributed by atoms with Gasteiger partial charge in [-0.25, -0.2) is 13.2 Å². The van der Waals surface area contributed by atoms with Gasteiger partial charge in [-0.15, -0.1) is 0 Å². The van der Waals surface area contributed by atoms with Crippen LogP contribution in [0.1, 0.15) is 37.4 Å². The van der Waals surface area contributed by atoms with Gasteiger partial charge < -0.3 is 9.47 Å². The number of anilines is 1. The average molecular weight is 468 g/mol. The highest BCUT2D eigenvalue weighted by Crippen LogP contribution is 2.21. The van der Waals surface area contributed by atoms with E-state index in [4.69, 9.17) is 9.47 Å². The summed E-state index contributed by atoms with van der Waals surface area (Å²) in [6, 6.07) is 15.5. The highest BCUT2D eigenvalue weighted by atomic mass is 32.2. The number of carbonyl (C=O) groups excluding carboxylic acids is 2. The lowest BCUT2D eigenvalue weighted by atomic mass is 9.98. The predicted molar refractivity (Wildman–Crippen MR) is 126 cm³/mol. The van der Waals surface area contributed by atoms with Gasteiger partial charge in [0.25, 0.3) is 10.0 Å². The van der Waals surface area contributed by atoms with Gasteiger partial charge in [0.05, 0.1) is 17.6 Å². The Balaban J connectivity index is 1.71. The van der Waals surface area contributed by atoms with E-state index in [0.717, 1.165) is 16.7 Å². The summed E-state index contributed by atoms with van der Waals surface area (Å²) in [5, 5.41) is 0. The van der Waals surface area contributed by atoms with Crippen molar-refractivity contribution in [1.29, 1.82) is 0 Å². The molecule has 0 aliphatic heterocycles. The molecule has 8 heteroatoms. The third-order valence-corrected chi connectivity index (χ3v) is 6.58. The first-order chi connectivity index (χ1) is 15.6. The maximum absolute atomic E-state index is 12.7. The van der Waals surface area contributed by atoms with Crippen LogP contribution in [0.15, 0.2) is 65.6 Å². The number of hydrogen-bond donors (Lipinski definition) is 1. The second-order valence-electron chi connectivity index (χ2n) is 7.61. The Morgan fingerprint density at radius 3 is 2.21 bits per heavy atom. The van der Waals surface area contributed by atoms with Crippen molar-refractivity contribution in [1.82, 2.24) is 0 Å². The fourth-order valence-electron chi connectivity index (χ4n) is 3.22. The van der Waals surface area contributed by atoms with Crippen molar-refractivity contribution in [3.05, 3.63) is 88.5 Å². The van der Waals surface area contributed by atoms with Crippen LogP contribution < -0.4 is 9.46 Å². The molecule has 0 unspecified atom stereocenters.